The van der Waals surface area contributed by atoms with E-state index in [0.717, 1.165) is 86.5 Å². The van der Waals surface area contributed by atoms with E-state index >= 15 is 0 Å². The largest absolute Gasteiger partial charge is 0.423 e. The highest BCUT2D eigenvalue weighted by atomic mass is 16.5. The lowest BCUT2D eigenvalue weighted by Crippen LogP contribution is -2.10. The van der Waals surface area contributed by atoms with Crippen LogP contribution in [-0.4, -0.2) is 23.9 Å². The second kappa shape index (κ2) is 35.6. The predicted octanol–water partition coefficient (Wildman–Crippen LogP) is 21.7. The number of ether oxygens (including phenoxy) is 4. The summed E-state index contributed by atoms with van der Waals surface area (Å²) in [6, 6.07) is 109. The highest BCUT2D eigenvalue weighted by Crippen LogP contribution is 2.40. The first-order valence-corrected chi connectivity index (χ1v) is 31.3. The van der Waals surface area contributed by atoms with E-state index in [9.17, 15) is 19.2 Å². The van der Waals surface area contributed by atoms with Gasteiger partial charge in [-0.05, 0) is 196 Å². The molecule has 12 rings (SSSR count). The molecule has 0 radical (unpaired) electrons. The molecule has 0 atom stereocenters. The third-order valence-corrected chi connectivity index (χ3v) is 14.5. The van der Waals surface area contributed by atoms with Gasteiger partial charge < -0.3 is 38.5 Å². The van der Waals surface area contributed by atoms with Crippen LogP contribution < -0.4 is 38.5 Å². The Labute approximate surface area is 573 Å². The third kappa shape index (κ3) is 19.9. The van der Waals surface area contributed by atoms with Crippen molar-refractivity contribution >= 4 is 92.1 Å². The van der Waals surface area contributed by atoms with Crippen LogP contribution in [-0.2, 0) is 19.2 Å². The van der Waals surface area contributed by atoms with Crippen LogP contribution in [0.4, 0.5) is 68.2 Å². The Morgan fingerprint density at radius 1 is 0.265 bits per heavy atom. The average Bonchev–Trinajstić information content (AvgIpc) is 0.848. The molecule has 0 saturated heterocycles. The van der Waals surface area contributed by atoms with Crippen LogP contribution in [0.5, 0.6) is 23.0 Å². The molecule has 12 heteroatoms. The fourth-order valence-electron chi connectivity index (χ4n) is 9.87. The van der Waals surface area contributed by atoms with Crippen molar-refractivity contribution in [1.82, 2.24) is 0 Å². The summed E-state index contributed by atoms with van der Waals surface area (Å²) in [6.45, 7) is 17.5. The lowest BCUT2D eigenvalue weighted by atomic mass is 10.1. The zero-order valence-electron chi connectivity index (χ0n) is 54.4. The molecule has 98 heavy (non-hydrogen) atoms. The summed E-state index contributed by atoms with van der Waals surface area (Å²) in [5, 5.41) is 0. The smallest absolute Gasteiger partial charge is 0.338 e. The Morgan fingerprint density at radius 3 is 0.735 bits per heavy atom. The highest BCUT2D eigenvalue weighted by molar-refractivity contribution is 5.89. The molecule has 0 aliphatic carbocycles. The van der Waals surface area contributed by atoms with Gasteiger partial charge in [-0.2, -0.15) is 0 Å². The molecule has 0 unspecified atom stereocenters. The molecule has 0 spiro atoms. The standard InChI is InChI=1S/2C22H19NO2.2C21H17NO2/c1-17(2)22(24)25-21-15-13-20(14-16-21)23(18-9-5-3-6-10-18)19-11-7-4-8-12-19;1-3-22(24)25-21-15-13-20(14-16-21)23(18-7-5-4-6-8-18)19-11-9-17(2)10-12-19;1-2-21(23)24-20-15-9-14-19(16-20)22(17-10-5-3-6-11-17)18-12-7-4-8-13-18;1-2-21(23)24-20-15-13-19(14-16-20)22(17-9-5-3-6-10-17)18-11-7-4-8-12-18/h2*3-16H,1H2,2H3;2*2-16H,1H2. The van der Waals surface area contributed by atoms with Crippen LogP contribution in [0.25, 0.3) is 0 Å². The monoisotopic (exact) mass is 1290 g/mol. The van der Waals surface area contributed by atoms with Gasteiger partial charge in [0.1, 0.15) is 23.0 Å². The summed E-state index contributed by atoms with van der Waals surface area (Å²) >= 11 is 0. The number of rotatable bonds is 20. The molecule has 0 amide bonds. The van der Waals surface area contributed by atoms with Gasteiger partial charge >= 0.3 is 23.9 Å². The van der Waals surface area contributed by atoms with E-state index in [-0.39, 0.29) is 0 Å². The van der Waals surface area contributed by atoms with Crippen molar-refractivity contribution in [1.29, 1.82) is 0 Å². The average molecular weight is 1290 g/mol. The summed E-state index contributed by atoms with van der Waals surface area (Å²) in [7, 11) is 0. The molecule has 0 aliphatic rings. The van der Waals surface area contributed by atoms with Crippen LogP contribution in [0, 0.1) is 6.92 Å². The van der Waals surface area contributed by atoms with E-state index in [1.165, 1.54) is 5.56 Å². The molecular formula is C86H72N4O8. The Bertz CT molecular complexity index is 4410. The van der Waals surface area contributed by atoms with E-state index in [2.05, 4.69) is 138 Å². The van der Waals surface area contributed by atoms with Gasteiger partial charge in [0.25, 0.3) is 0 Å². The van der Waals surface area contributed by atoms with Crippen molar-refractivity contribution in [2.24, 2.45) is 0 Å². The number of nitrogens with zero attached hydrogens (tertiary/aromatic N) is 4. The number of hydrogen-bond acceptors (Lipinski definition) is 12. The maximum atomic E-state index is 11.6. The molecule has 0 aliphatic heterocycles. The molecule has 12 aromatic rings. The van der Waals surface area contributed by atoms with Gasteiger partial charge in [-0.15, -0.1) is 0 Å². The van der Waals surface area contributed by atoms with E-state index in [1.54, 1.807) is 49.4 Å². The van der Waals surface area contributed by atoms with Crippen molar-refractivity contribution in [3.8, 4) is 23.0 Å². The van der Waals surface area contributed by atoms with Gasteiger partial charge in [0, 0.05) is 98.1 Å². The van der Waals surface area contributed by atoms with Crippen LogP contribution in [0.1, 0.15) is 12.5 Å². The number of carbonyl (C=O) groups excluding carboxylic acids is 4. The number of hydrogen-bond donors (Lipinski definition) is 0. The maximum Gasteiger partial charge on any atom is 0.338 e. The topological polar surface area (TPSA) is 118 Å². The minimum Gasteiger partial charge on any atom is -0.423 e. The summed E-state index contributed by atoms with van der Waals surface area (Å²) < 4.78 is 20.8. The second-order valence-electron chi connectivity index (χ2n) is 21.6. The molecule has 484 valence electrons. The number of anilines is 12. The van der Waals surface area contributed by atoms with E-state index < -0.39 is 23.9 Å². The van der Waals surface area contributed by atoms with E-state index in [4.69, 9.17) is 18.9 Å². The highest BCUT2D eigenvalue weighted by Gasteiger charge is 2.17. The van der Waals surface area contributed by atoms with Gasteiger partial charge in [-0.1, -0.05) is 177 Å². The minimum absolute atomic E-state index is 0.374. The Kier molecular flexibility index (Phi) is 25.1. The van der Waals surface area contributed by atoms with Crippen LogP contribution in [0.15, 0.2) is 384 Å². The number of aryl methyl sites for hydroxylation is 1. The third-order valence-electron chi connectivity index (χ3n) is 14.5. The normalized spacial score (nSPS) is 10.1. The van der Waals surface area contributed by atoms with Crippen molar-refractivity contribution in [3.63, 3.8) is 0 Å². The zero-order chi connectivity index (χ0) is 68.9. The van der Waals surface area contributed by atoms with Gasteiger partial charge in [-0.3, -0.25) is 0 Å². The SMILES string of the molecule is C=C(C)C(=O)Oc1ccc(N(c2ccccc2)c2ccccc2)cc1.C=CC(=O)Oc1ccc(N(c2ccccc2)c2ccc(C)cc2)cc1.C=CC(=O)Oc1ccc(N(c2ccccc2)c2ccccc2)cc1.C=CC(=O)Oc1cccc(N(c2ccccc2)c2ccccc2)c1. The summed E-state index contributed by atoms with van der Waals surface area (Å²) in [5.41, 5.74) is 13.8. The molecule has 0 aromatic heterocycles. The molecular weight excluding hydrogens is 1220 g/mol. The first kappa shape index (κ1) is 69.0. The minimum atomic E-state index is -0.474. The summed E-state index contributed by atoms with van der Waals surface area (Å²) in [4.78, 5) is 54.2. The molecule has 0 N–H and O–H groups in total. The number of carbonyl (C=O) groups is 4. The number of benzene rings is 12. The van der Waals surface area contributed by atoms with E-state index in [0.29, 0.717) is 28.6 Å². The Morgan fingerprint density at radius 2 is 0.480 bits per heavy atom. The lowest BCUT2D eigenvalue weighted by molar-refractivity contribution is -0.130. The molecule has 12 nitrogen and oxygen atoms in total. The van der Waals surface area contributed by atoms with Crippen molar-refractivity contribution in [2.75, 3.05) is 19.6 Å². The van der Waals surface area contributed by atoms with Crippen molar-refractivity contribution < 1.29 is 38.1 Å². The number of para-hydroxylation sites is 7. The first-order valence-electron chi connectivity index (χ1n) is 31.3. The summed E-state index contributed by atoms with van der Waals surface area (Å²) in [5.74, 6) is 0.133. The molecule has 0 bridgehead atoms. The van der Waals surface area contributed by atoms with Gasteiger partial charge in [-0.25, -0.2) is 19.2 Å². The van der Waals surface area contributed by atoms with E-state index in [1.807, 2.05) is 206 Å². The molecule has 0 saturated carbocycles. The first-order chi connectivity index (χ1) is 47.9. The molecule has 0 heterocycles. The maximum absolute atomic E-state index is 11.6. The Hall–Kier alpha value is -13.3. The number of esters is 4. The quantitative estimate of drug-likeness (QED) is 0.0411. The van der Waals surface area contributed by atoms with Crippen molar-refractivity contribution in [2.45, 2.75) is 13.8 Å². The van der Waals surface area contributed by atoms with Gasteiger partial charge in [0.15, 0.2) is 0 Å². The van der Waals surface area contributed by atoms with Crippen molar-refractivity contribution in [3.05, 3.63) is 389 Å². The fourth-order valence-corrected chi connectivity index (χ4v) is 9.87. The lowest BCUT2D eigenvalue weighted by Gasteiger charge is -2.25. The summed E-state index contributed by atoms with van der Waals surface area (Å²) in [6.07, 6.45) is 3.45. The Balaban J connectivity index is 0.000000153. The zero-order valence-corrected chi connectivity index (χ0v) is 54.4. The molecule has 0 fully saturated rings. The van der Waals surface area contributed by atoms with Crippen LogP contribution >= 0.6 is 0 Å². The van der Waals surface area contributed by atoms with Crippen LogP contribution in [0.2, 0.25) is 0 Å². The van der Waals surface area contributed by atoms with Gasteiger partial charge in [0.2, 0.25) is 0 Å². The molecule has 12 aromatic carbocycles. The van der Waals surface area contributed by atoms with Crippen LogP contribution in [0.3, 0.4) is 0 Å². The second-order valence-corrected chi connectivity index (χ2v) is 21.6. The van der Waals surface area contributed by atoms with Gasteiger partial charge in [0.05, 0.1) is 0 Å². The fraction of sp³-hybridized carbons (Fsp3) is 0.0233. The predicted molar refractivity (Wildman–Crippen MR) is 397 cm³/mol.